The number of nitrogens with zero attached hydrogens (tertiary/aromatic N) is 5. The molecule has 2 aromatic carbocycles. The van der Waals surface area contributed by atoms with Gasteiger partial charge in [0.15, 0.2) is 5.69 Å². The van der Waals surface area contributed by atoms with E-state index in [-0.39, 0.29) is 5.78 Å². The minimum absolute atomic E-state index is 0.184. The molecule has 6 nitrogen and oxygen atoms in total. The molecule has 0 atom stereocenters. The quantitative estimate of drug-likeness (QED) is 0.381. The molecule has 0 aliphatic heterocycles. The zero-order chi connectivity index (χ0) is 20.4. The van der Waals surface area contributed by atoms with Gasteiger partial charge in [0, 0.05) is 11.3 Å². The summed E-state index contributed by atoms with van der Waals surface area (Å²) in [6, 6.07) is 19.6. The molecular formula is C23H21N5O. The fraction of sp³-hybridized carbons (Fsp3) is 0.130. The Hall–Kier alpha value is -3.80. The molecule has 0 N–H and O–H groups in total. The number of aryl methyl sites for hydroxylation is 1. The molecule has 0 unspecified atom stereocenters. The normalized spacial score (nSPS) is 11.3. The van der Waals surface area contributed by atoms with E-state index in [4.69, 9.17) is 0 Å². The van der Waals surface area contributed by atoms with Gasteiger partial charge in [-0.15, -0.1) is 5.10 Å². The maximum absolute atomic E-state index is 12.8. The first-order chi connectivity index (χ1) is 14.1. The van der Waals surface area contributed by atoms with Crippen molar-refractivity contribution in [3.8, 4) is 11.4 Å². The molecule has 0 radical (unpaired) electrons. The summed E-state index contributed by atoms with van der Waals surface area (Å²) in [5, 5.41) is 12.8. The van der Waals surface area contributed by atoms with Gasteiger partial charge in [-0.25, -0.2) is 9.36 Å². The Labute approximate surface area is 169 Å². The molecule has 0 aliphatic carbocycles. The van der Waals surface area contributed by atoms with Gasteiger partial charge in [-0.05, 0) is 57.2 Å². The van der Waals surface area contributed by atoms with Crippen molar-refractivity contribution in [2.75, 3.05) is 0 Å². The SMILES string of the molecule is Cc1nn(-c2ccccc2)c(C)c1/C=C/C(=O)c1nnn(-c2ccccc2)c1C. The predicted molar refractivity (Wildman–Crippen MR) is 112 cm³/mol. The number of carbonyl (C=O) groups excluding carboxylic acids is 1. The van der Waals surface area contributed by atoms with E-state index >= 15 is 0 Å². The van der Waals surface area contributed by atoms with Gasteiger partial charge in [-0.1, -0.05) is 41.6 Å². The van der Waals surface area contributed by atoms with E-state index in [9.17, 15) is 4.79 Å². The maximum atomic E-state index is 12.8. The Balaban J connectivity index is 1.62. The molecule has 0 spiro atoms. The highest BCUT2D eigenvalue weighted by Crippen LogP contribution is 2.20. The summed E-state index contributed by atoms with van der Waals surface area (Å²) in [7, 11) is 0. The highest BCUT2D eigenvalue weighted by molar-refractivity contribution is 6.06. The summed E-state index contributed by atoms with van der Waals surface area (Å²) < 4.78 is 3.56. The van der Waals surface area contributed by atoms with E-state index in [0.717, 1.165) is 28.3 Å². The van der Waals surface area contributed by atoms with E-state index in [1.165, 1.54) is 0 Å². The fourth-order valence-electron chi connectivity index (χ4n) is 3.33. The number of carbonyl (C=O) groups is 1. The average Bonchev–Trinajstić information content (AvgIpc) is 3.27. The van der Waals surface area contributed by atoms with Gasteiger partial charge >= 0.3 is 0 Å². The van der Waals surface area contributed by atoms with Gasteiger partial charge in [0.1, 0.15) is 0 Å². The molecule has 2 heterocycles. The third-order valence-corrected chi connectivity index (χ3v) is 4.88. The summed E-state index contributed by atoms with van der Waals surface area (Å²) >= 11 is 0. The number of para-hydroxylation sites is 2. The molecule has 0 bridgehead atoms. The van der Waals surface area contributed by atoms with Crippen LogP contribution in [0.4, 0.5) is 0 Å². The zero-order valence-corrected chi connectivity index (χ0v) is 16.6. The highest BCUT2D eigenvalue weighted by Gasteiger charge is 2.16. The third kappa shape index (κ3) is 3.52. The van der Waals surface area contributed by atoms with E-state index in [1.54, 1.807) is 16.8 Å². The Bertz CT molecular complexity index is 1190. The van der Waals surface area contributed by atoms with Crippen LogP contribution in [-0.4, -0.2) is 30.6 Å². The van der Waals surface area contributed by atoms with Crippen molar-refractivity contribution >= 4 is 11.9 Å². The lowest BCUT2D eigenvalue weighted by molar-refractivity contribution is 0.104. The molecule has 0 amide bonds. The van der Waals surface area contributed by atoms with Crippen molar-refractivity contribution in [2.24, 2.45) is 0 Å². The van der Waals surface area contributed by atoms with Gasteiger partial charge in [0.05, 0.1) is 22.8 Å². The molecular weight excluding hydrogens is 362 g/mol. The van der Waals surface area contributed by atoms with Crippen LogP contribution in [0.5, 0.6) is 0 Å². The number of hydrogen-bond donors (Lipinski definition) is 0. The van der Waals surface area contributed by atoms with Crippen molar-refractivity contribution in [1.82, 2.24) is 24.8 Å². The first kappa shape index (κ1) is 18.6. The lowest BCUT2D eigenvalue weighted by Gasteiger charge is -2.03. The van der Waals surface area contributed by atoms with E-state index in [0.29, 0.717) is 11.4 Å². The van der Waals surface area contributed by atoms with Crippen molar-refractivity contribution in [1.29, 1.82) is 0 Å². The van der Waals surface area contributed by atoms with Gasteiger partial charge in [-0.2, -0.15) is 5.10 Å². The first-order valence-corrected chi connectivity index (χ1v) is 9.38. The monoisotopic (exact) mass is 383 g/mol. The summed E-state index contributed by atoms with van der Waals surface area (Å²) in [6.07, 6.45) is 3.35. The lowest BCUT2D eigenvalue weighted by atomic mass is 10.1. The van der Waals surface area contributed by atoms with Gasteiger partial charge in [-0.3, -0.25) is 4.79 Å². The number of benzene rings is 2. The number of allylic oxidation sites excluding steroid dienone is 1. The van der Waals surface area contributed by atoms with E-state index in [2.05, 4.69) is 15.4 Å². The topological polar surface area (TPSA) is 65.6 Å². The summed E-state index contributed by atoms with van der Waals surface area (Å²) in [5.41, 5.74) is 5.67. The maximum Gasteiger partial charge on any atom is 0.208 e. The van der Waals surface area contributed by atoms with Crippen molar-refractivity contribution in [3.05, 3.63) is 95.1 Å². The van der Waals surface area contributed by atoms with Crippen LogP contribution in [0.25, 0.3) is 17.5 Å². The Morgan fingerprint density at radius 3 is 2.03 bits per heavy atom. The lowest BCUT2D eigenvalue weighted by Crippen LogP contribution is -2.01. The first-order valence-electron chi connectivity index (χ1n) is 9.38. The van der Waals surface area contributed by atoms with Crippen LogP contribution in [0, 0.1) is 20.8 Å². The average molecular weight is 383 g/mol. The van der Waals surface area contributed by atoms with Gasteiger partial charge in [0.25, 0.3) is 0 Å². The number of aromatic nitrogens is 5. The molecule has 0 aliphatic rings. The Kier molecular flexibility index (Phi) is 4.91. The summed E-state index contributed by atoms with van der Waals surface area (Å²) in [6.45, 7) is 5.78. The molecule has 0 saturated heterocycles. The Morgan fingerprint density at radius 1 is 0.828 bits per heavy atom. The second kappa shape index (κ2) is 7.67. The fourth-order valence-corrected chi connectivity index (χ4v) is 3.33. The van der Waals surface area contributed by atoms with Crippen LogP contribution in [0.2, 0.25) is 0 Å². The van der Waals surface area contributed by atoms with Crippen LogP contribution >= 0.6 is 0 Å². The van der Waals surface area contributed by atoms with Crippen LogP contribution < -0.4 is 0 Å². The zero-order valence-electron chi connectivity index (χ0n) is 16.6. The number of ketones is 1. The number of rotatable bonds is 5. The highest BCUT2D eigenvalue weighted by atomic mass is 16.1. The van der Waals surface area contributed by atoms with Crippen LogP contribution in [-0.2, 0) is 0 Å². The minimum Gasteiger partial charge on any atom is -0.287 e. The van der Waals surface area contributed by atoms with Crippen LogP contribution in [0.1, 0.15) is 33.1 Å². The molecule has 29 heavy (non-hydrogen) atoms. The molecule has 0 fully saturated rings. The molecule has 0 saturated carbocycles. The summed E-state index contributed by atoms with van der Waals surface area (Å²) in [5.74, 6) is -0.184. The molecule has 6 heteroatoms. The van der Waals surface area contributed by atoms with Crippen molar-refractivity contribution < 1.29 is 4.79 Å². The largest absolute Gasteiger partial charge is 0.287 e. The molecule has 2 aromatic heterocycles. The molecule has 4 rings (SSSR count). The minimum atomic E-state index is -0.184. The standard InChI is InChI=1S/C23H21N5O/c1-16-21(17(2)27(25-16)19-10-6-4-7-11-19)14-15-22(29)23-18(3)28(26-24-23)20-12-8-5-9-13-20/h4-15H,1-3H3/b15-14+. The predicted octanol–water partition coefficient (Wildman–Crippen LogP) is 4.27. The smallest absolute Gasteiger partial charge is 0.208 e. The van der Waals surface area contributed by atoms with E-state index < -0.39 is 0 Å². The van der Waals surface area contributed by atoms with Crippen LogP contribution in [0.3, 0.4) is 0 Å². The van der Waals surface area contributed by atoms with Gasteiger partial charge < -0.3 is 0 Å². The summed E-state index contributed by atoms with van der Waals surface area (Å²) in [4.78, 5) is 12.8. The number of hydrogen-bond acceptors (Lipinski definition) is 4. The van der Waals surface area contributed by atoms with Crippen molar-refractivity contribution in [3.63, 3.8) is 0 Å². The molecule has 4 aromatic rings. The molecule has 144 valence electrons. The van der Waals surface area contributed by atoms with Crippen molar-refractivity contribution in [2.45, 2.75) is 20.8 Å². The second-order valence-corrected chi connectivity index (χ2v) is 6.80. The van der Waals surface area contributed by atoms with E-state index in [1.807, 2.05) is 86.1 Å². The second-order valence-electron chi connectivity index (χ2n) is 6.80. The Morgan fingerprint density at radius 2 is 1.41 bits per heavy atom. The third-order valence-electron chi connectivity index (χ3n) is 4.88. The van der Waals surface area contributed by atoms with Gasteiger partial charge in [0.2, 0.25) is 5.78 Å². The van der Waals surface area contributed by atoms with Crippen LogP contribution in [0.15, 0.2) is 66.7 Å².